The predicted molar refractivity (Wildman–Crippen MR) is 128 cm³/mol. The van der Waals surface area contributed by atoms with Crippen molar-refractivity contribution < 1.29 is 14.3 Å². The van der Waals surface area contributed by atoms with Crippen molar-refractivity contribution in [2.45, 2.75) is 19.9 Å². The molecule has 1 aromatic heterocycles. The van der Waals surface area contributed by atoms with Crippen LogP contribution in [0.25, 0.3) is 10.9 Å². The van der Waals surface area contributed by atoms with E-state index in [0.717, 1.165) is 54.3 Å². The third-order valence-electron chi connectivity index (χ3n) is 6.10. The Balaban J connectivity index is 1.36. The van der Waals surface area contributed by atoms with Crippen LogP contribution in [0.5, 0.6) is 0 Å². The largest absolute Gasteiger partial charge is 0.378 e. The maximum Gasteiger partial charge on any atom is 0.238 e. The topological polar surface area (TPSA) is 77.7 Å². The molecule has 1 aliphatic rings. The quantitative estimate of drug-likeness (QED) is 0.557. The van der Waals surface area contributed by atoms with Gasteiger partial charge in [-0.15, -0.1) is 0 Å². The van der Waals surface area contributed by atoms with E-state index in [-0.39, 0.29) is 18.2 Å². The molecule has 0 bridgehead atoms. The Morgan fingerprint density at radius 1 is 1.12 bits per heavy atom. The van der Waals surface area contributed by atoms with Gasteiger partial charge in [0, 0.05) is 46.6 Å². The fourth-order valence-corrected chi connectivity index (χ4v) is 4.14. The van der Waals surface area contributed by atoms with E-state index in [0.29, 0.717) is 5.56 Å². The number of likely N-dealkylation sites (N-methyl/N-ethyl adjacent to an activating group) is 1. The Morgan fingerprint density at radius 2 is 1.81 bits per heavy atom. The van der Waals surface area contributed by atoms with Gasteiger partial charge in [0.1, 0.15) is 0 Å². The number of aryl methyl sites for hydroxylation is 1. The van der Waals surface area contributed by atoms with Crippen LogP contribution >= 0.6 is 0 Å². The minimum absolute atomic E-state index is 0.00474. The lowest BCUT2D eigenvalue weighted by Gasteiger charge is -2.29. The smallest absolute Gasteiger partial charge is 0.238 e. The third-order valence-corrected chi connectivity index (χ3v) is 6.10. The number of Topliss-reactive ketones (excluding diaryl/α,β-unsaturated/α-hetero) is 1. The molecule has 4 rings (SSSR count). The van der Waals surface area contributed by atoms with Gasteiger partial charge in [-0.25, -0.2) is 0 Å². The monoisotopic (exact) mass is 434 g/mol. The van der Waals surface area contributed by atoms with E-state index in [4.69, 9.17) is 4.74 Å². The standard InChI is InChI=1S/C25H30N4O3/c1-17-24(21-6-4-5-7-22(21)26-17)25(31)18(2)28(3)16-23(30)27-19-8-10-20(11-9-19)29-12-14-32-15-13-29/h4-11,18,26H,12-16H2,1-3H3,(H,27,30)/t18-/m1/s1. The first-order chi connectivity index (χ1) is 15.4. The lowest BCUT2D eigenvalue weighted by Crippen LogP contribution is -2.41. The van der Waals surface area contributed by atoms with Gasteiger partial charge in [0.05, 0.1) is 25.8 Å². The molecular weight excluding hydrogens is 404 g/mol. The molecule has 0 saturated carbocycles. The number of ketones is 1. The lowest BCUT2D eigenvalue weighted by atomic mass is 10.0. The summed E-state index contributed by atoms with van der Waals surface area (Å²) < 4.78 is 5.39. The number of aromatic nitrogens is 1. The van der Waals surface area contributed by atoms with Gasteiger partial charge in [0.2, 0.25) is 5.91 Å². The molecule has 0 unspecified atom stereocenters. The van der Waals surface area contributed by atoms with Crippen LogP contribution in [0.3, 0.4) is 0 Å². The molecular formula is C25H30N4O3. The SMILES string of the molecule is Cc1[nH]c2ccccc2c1C(=O)[C@@H](C)N(C)CC(=O)Nc1ccc(N2CCOCC2)cc1. The first kappa shape index (κ1) is 22.0. The predicted octanol–water partition coefficient (Wildman–Crippen LogP) is 3.45. The zero-order chi connectivity index (χ0) is 22.7. The number of H-pyrrole nitrogens is 1. The second-order valence-corrected chi connectivity index (χ2v) is 8.32. The number of anilines is 2. The van der Waals surface area contributed by atoms with Gasteiger partial charge in [-0.3, -0.25) is 14.5 Å². The molecule has 168 valence electrons. The molecule has 1 atom stereocenters. The number of amides is 1. The number of carbonyl (C=O) groups is 2. The van der Waals surface area contributed by atoms with Crippen molar-refractivity contribution in [1.82, 2.24) is 9.88 Å². The summed E-state index contributed by atoms with van der Waals surface area (Å²) in [5.74, 6) is -0.146. The normalized spacial score (nSPS) is 15.2. The summed E-state index contributed by atoms with van der Waals surface area (Å²) in [6, 6.07) is 15.2. The molecule has 1 aliphatic heterocycles. The van der Waals surface area contributed by atoms with Gasteiger partial charge in [-0.2, -0.15) is 0 Å². The Kier molecular flexibility index (Phi) is 6.58. The van der Waals surface area contributed by atoms with Crippen LogP contribution < -0.4 is 10.2 Å². The first-order valence-electron chi connectivity index (χ1n) is 11.0. The number of morpholine rings is 1. The Bertz CT molecular complexity index is 1100. The average molecular weight is 435 g/mol. The summed E-state index contributed by atoms with van der Waals surface area (Å²) in [7, 11) is 1.80. The van der Waals surface area contributed by atoms with Crippen LogP contribution in [0.4, 0.5) is 11.4 Å². The highest BCUT2D eigenvalue weighted by atomic mass is 16.5. The number of aromatic amines is 1. The van der Waals surface area contributed by atoms with Crippen molar-refractivity contribution in [3.8, 4) is 0 Å². The van der Waals surface area contributed by atoms with Crippen LogP contribution in [-0.2, 0) is 9.53 Å². The zero-order valence-electron chi connectivity index (χ0n) is 18.9. The number of ether oxygens (including phenoxy) is 1. The Labute approximate surface area is 188 Å². The van der Waals surface area contributed by atoms with Gasteiger partial charge < -0.3 is 19.9 Å². The molecule has 1 fully saturated rings. The highest BCUT2D eigenvalue weighted by Crippen LogP contribution is 2.24. The molecule has 2 N–H and O–H groups in total. The maximum absolute atomic E-state index is 13.2. The molecule has 3 aromatic rings. The van der Waals surface area contributed by atoms with E-state index in [1.165, 1.54) is 0 Å². The molecule has 1 amide bonds. The number of benzene rings is 2. The fourth-order valence-electron chi connectivity index (χ4n) is 4.14. The van der Waals surface area contributed by atoms with E-state index in [1.54, 1.807) is 11.9 Å². The van der Waals surface area contributed by atoms with E-state index in [1.807, 2.05) is 62.4 Å². The number of hydrogen-bond donors (Lipinski definition) is 2. The van der Waals surface area contributed by atoms with Crippen molar-refractivity contribution >= 4 is 34.0 Å². The minimum Gasteiger partial charge on any atom is -0.378 e. The Morgan fingerprint density at radius 3 is 2.53 bits per heavy atom. The van der Waals surface area contributed by atoms with Gasteiger partial charge in [-0.05, 0) is 51.2 Å². The van der Waals surface area contributed by atoms with Crippen LogP contribution in [-0.4, -0.2) is 67.5 Å². The number of rotatable bonds is 7. The zero-order valence-corrected chi connectivity index (χ0v) is 18.9. The fraction of sp³-hybridized carbons (Fsp3) is 0.360. The van der Waals surface area contributed by atoms with Crippen LogP contribution in [0.2, 0.25) is 0 Å². The van der Waals surface area contributed by atoms with Crippen LogP contribution in [0.15, 0.2) is 48.5 Å². The highest BCUT2D eigenvalue weighted by Gasteiger charge is 2.25. The van der Waals surface area contributed by atoms with E-state index < -0.39 is 6.04 Å². The number of hydrogen-bond acceptors (Lipinski definition) is 5. The molecule has 1 saturated heterocycles. The van der Waals surface area contributed by atoms with Gasteiger partial charge in [-0.1, -0.05) is 18.2 Å². The van der Waals surface area contributed by atoms with Crippen molar-refractivity contribution in [3.05, 3.63) is 59.8 Å². The van der Waals surface area contributed by atoms with Crippen molar-refractivity contribution in [2.24, 2.45) is 0 Å². The van der Waals surface area contributed by atoms with E-state index >= 15 is 0 Å². The van der Waals surface area contributed by atoms with Gasteiger partial charge in [0.25, 0.3) is 0 Å². The summed E-state index contributed by atoms with van der Waals surface area (Å²) in [4.78, 5) is 33.1. The molecule has 0 radical (unpaired) electrons. The molecule has 32 heavy (non-hydrogen) atoms. The summed E-state index contributed by atoms with van der Waals surface area (Å²) in [5, 5.41) is 3.85. The van der Waals surface area contributed by atoms with Crippen LogP contribution in [0.1, 0.15) is 23.0 Å². The minimum atomic E-state index is -0.428. The second kappa shape index (κ2) is 9.54. The molecule has 7 heteroatoms. The summed E-state index contributed by atoms with van der Waals surface area (Å²) >= 11 is 0. The lowest BCUT2D eigenvalue weighted by molar-refractivity contribution is -0.117. The number of para-hydroxylation sites is 1. The highest BCUT2D eigenvalue weighted by molar-refractivity contribution is 6.11. The number of fused-ring (bicyclic) bond motifs is 1. The number of nitrogens with zero attached hydrogens (tertiary/aromatic N) is 2. The van der Waals surface area contributed by atoms with Gasteiger partial charge >= 0.3 is 0 Å². The van der Waals surface area contributed by atoms with Crippen molar-refractivity contribution in [3.63, 3.8) is 0 Å². The maximum atomic E-state index is 13.2. The van der Waals surface area contributed by atoms with Gasteiger partial charge in [0.15, 0.2) is 5.78 Å². The van der Waals surface area contributed by atoms with E-state index in [2.05, 4.69) is 15.2 Å². The van der Waals surface area contributed by atoms with E-state index in [9.17, 15) is 9.59 Å². The first-order valence-corrected chi connectivity index (χ1v) is 11.0. The number of nitrogens with one attached hydrogen (secondary N) is 2. The molecule has 2 aromatic carbocycles. The molecule has 0 aliphatic carbocycles. The third kappa shape index (κ3) is 4.69. The molecule has 2 heterocycles. The Hall–Kier alpha value is -3.16. The van der Waals surface area contributed by atoms with Crippen molar-refractivity contribution in [2.75, 3.05) is 50.1 Å². The summed E-state index contributed by atoms with van der Waals surface area (Å²) in [6.07, 6.45) is 0. The number of carbonyl (C=O) groups excluding carboxylic acids is 2. The molecule has 7 nitrogen and oxygen atoms in total. The molecule has 0 spiro atoms. The summed E-state index contributed by atoms with van der Waals surface area (Å²) in [6.45, 7) is 7.09. The van der Waals surface area contributed by atoms with Crippen LogP contribution in [0, 0.1) is 6.92 Å². The summed E-state index contributed by atoms with van der Waals surface area (Å²) in [5.41, 5.74) is 4.35. The average Bonchev–Trinajstić information content (AvgIpc) is 3.14. The van der Waals surface area contributed by atoms with Crippen molar-refractivity contribution in [1.29, 1.82) is 0 Å². The second-order valence-electron chi connectivity index (χ2n) is 8.32.